The van der Waals surface area contributed by atoms with Crippen LogP contribution in [0.4, 0.5) is 5.69 Å². The van der Waals surface area contributed by atoms with E-state index >= 15 is 0 Å². The first-order valence-corrected chi connectivity index (χ1v) is 11.9. The predicted octanol–water partition coefficient (Wildman–Crippen LogP) is 7.37. The van der Waals surface area contributed by atoms with Gasteiger partial charge in [0.1, 0.15) is 0 Å². The molecule has 0 atom stereocenters. The van der Waals surface area contributed by atoms with Crippen LogP contribution in [0.15, 0.2) is 91.2 Å². The highest BCUT2D eigenvalue weighted by molar-refractivity contribution is 6.31. The number of halogens is 1. The van der Waals surface area contributed by atoms with Gasteiger partial charge in [0, 0.05) is 41.5 Å². The Labute approximate surface area is 209 Å². The quantitative estimate of drug-likeness (QED) is 0.333. The minimum absolute atomic E-state index is 0.0382. The first-order chi connectivity index (χ1) is 16.5. The van der Waals surface area contributed by atoms with Gasteiger partial charge in [0.05, 0.1) is 13.4 Å². The number of carbonyl (C=O) groups is 1. The van der Waals surface area contributed by atoms with Crippen molar-refractivity contribution in [1.29, 1.82) is 0 Å². The third kappa shape index (κ3) is 8.95. The van der Waals surface area contributed by atoms with Gasteiger partial charge in [-0.3, -0.25) is 4.79 Å². The molecule has 1 amide bonds. The number of ether oxygens (including phenoxy) is 1. The average Bonchev–Trinajstić information content (AvgIpc) is 3.09. The molecule has 2 aromatic rings. The van der Waals surface area contributed by atoms with Gasteiger partial charge >= 0.3 is 0 Å². The number of nitrogens with zero attached hydrogens (tertiary/aromatic N) is 1. The van der Waals surface area contributed by atoms with E-state index in [2.05, 4.69) is 41.8 Å². The molecule has 1 heterocycles. The van der Waals surface area contributed by atoms with Crippen LogP contribution in [0, 0.1) is 0 Å². The van der Waals surface area contributed by atoms with Gasteiger partial charge in [-0.2, -0.15) is 0 Å². The standard InChI is InChI=1S/C21H23ClN2O.C8H12O/c1-2-23-20-12-4-3-11-19(20)17-8-5-6-13-24(15-17)21(25)16-9-7-10-18(22)14-16;1-8(2)6-4-5-7-9-3/h3-4,7-12,14,23H,2,5-6,13,15H2,1H3;4-7H,1H2,2-3H3/b;6-4-,7-5+. The summed E-state index contributed by atoms with van der Waals surface area (Å²) < 4.78 is 4.66. The maximum Gasteiger partial charge on any atom is 0.254 e. The van der Waals surface area contributed by atoms with Crippen molar-refractivity contribution in [2.45, 2.75) is 26.7 Å². The molecule has 1 aliphatic rings. The van der Waals surface area contributed by atoms with Crippen LogP contribution in [-0.4, -0.2) is 37.6 Å². The molecular weight excluding hydrogens is 444 g/mol. The van der Waals surface area contributed by atoms with Gasteiger partial charge in [-0.05, 0) is 62.6 Å². The highest BCUT2D eigenvalue weighted by Crippen LogP contribution is 2.28. The van der Waals surface area contributed by atoms with Gasteiger partial charge < -0.3 is 15.0 Å². The highest BCUT2D eigenvalue weighted by atomic mass is 35.5. The van der Waals surface area contributed by atoms with E-state index in [0.29, 0.717) is 17.1 Å². The highest BCUT2D eigenvalue weighted by Gasteiger charge is 2.20. The minimum atomic E-state index is 0.0382. The minimum Gasteiger partial charge on any atom is -0.504 e. The topological polar surface area (TPSA) is 41.6 Å². The summed E-state index contributed by atoms with van der Waals surface area (Å²) in [5, 5.41) is 4.01. The summed E-state index contributed by atoms with van der Waals surface area (Å²) in [7, 11) is 1.62. The summed E-state index contributed by atoms with van der Waals surface area (Å²) >= 11 is 6.05. The molecule has 1 aliphatic heterocycles. The molecule has 0 spiro atoms. The van der Waals surface area contributed by atoms with Crippen LogP contribution in [0.3, 0.4) is 0 Å². The van der Waals surface area contributed by atoms with Crippen molar-refractivity contribution < 1.29 is 9.53 Å². The van der Waals surface area contributed by atoms with E-state index in [4.69, 9.17) is 11.6 Å². The number of allylic oxidation sites excluding steroid dienone is 5. The molecule has 1 N–H and O–H groups in total. The molecule has 3 rings (SSSR count). The van der Waals surface area contributed by atoms with Crippen LogP contribution >= 0.6 is 11.6 Å². The maximum absolute atomic E-state index is 12.9. The summed E-state index contributed by atoms with van der Waals surface area (Å²) in [5.41, 5.74) is 5.18. The lowest BCUT2D eigenvalue weighted by Gasteiger charge is -2.23. The number of anilines is 1. The Bertz CT molecular complexity index is 1040. The maximum atomic E-state index is 12.9. The number of hydrogen-bond acceptors (Lipinski definition) is 3. The smallest absolute Gasteiger partial charge is 0.254 e. The molecule has 0 saturated carbocycles. The largest absolute Gasteiger partial charge is 0.504 e. The van der Waals surface area contributed by atoms with Crippen molar-refractivity contribution in [2.75, 3.05) is 32.1 Å². The van der Waals surface area contributed by atoms with E-state index < -0.39 is 0 Å². The Morgan fingerprint density at radius 3 is 2.71 bits per heavy atom. The number of amides is 1. The summed E-state index contributed by atoms with van der Waals surface area (Å²) in [6, 6.07) is 15.5. The normalized spacial score (nSPS) is 13.6. The van der Waals surface area contributed by atoms with E-state index in [-0.39, 0.29) is 5.91 Å². The van der Waals surface area contributed by atoms with E-state index in [1.54, 1.807) is 25.5 Å². The average molecular weight is 479 g/mol. The molecule has 0 fully saturated rings. The number of methoxy groups -OCH3 is 1. The second-order valence-electron chi connectivity index (χ2n) is 7.95. The Hall–Kier alpha value is -3.24. The molecule has 2 aromatic carbocycles. The Morgan fingerprint density at radius 2 is 2.00 bits per heavy atom. The van der Waals surface area contributed by atoms with Crippen LogP contribution < -0.4 is 5.32 Å². The summed E-state index contributed by atoms with van der Waals surface area (Å²) in [6.45, 7) is 9.97. The zero-order valence-electron chi connectivity index (χ0n) is 20.4. The summed E-state index contributed by atoms with van der Waals surface area (Å²) in [4.78, 5) is 14.8. The van der Waals surface area contributed by atoms with Crippen LogP contribution in [-0.2, 0) is 4.74 Å². The molecule has 0 bridgehead atoms. The molecule has 0 saturated heterocycles. The summed E-state index contributed by atoms with van der Waals surface area (Å²) in [6.07, 6.45) is 11.4. The molecule has 4 nitrogen and oxygen atoms in total. The summed E-state index contributed by atoms with van der Waals surface area (Å²) in [5.74, 6) is 0.0382. The number of benzene rings is 2. The van der Waals surface area contributed by atoms with Crippen molar-refractivity contribution in [2.24, 2.45) is 0 Å². The lowest BCUT2D eigenvalue weighted by Crippen LogP contribution is -2.32. The zero-order valence-corrected chi connectivity index (χ0v) is 21.1. The van der Waals surface area contributed by atoms with Gasteiger partial charge in [-0.1, -0.05) is 66.2 Å². The molecule has 0 unspecified atom stereocenters. The van der Waals surface area contributed by atoms with Crippen LogP contribution in [0.1, 0.15) is 42.6 Å². The van der Waals surface area contributed by atoms with E-state index in [9.17, 15) is 4.79 Å². The third-order valence-corrected chi connectivity index (χ3v) is 5.32. The lowest BCUT2D eigenvalue weighted by molar-refractivity contribution is 0.0777. The second kappa shape index (κ2) is 14.8. The van der Waals surface area contributed by atoms with Crippen molar-refractivity contribution in [3.05, 3.63) is 107 Å². The fourth-order valence-electron chi connectivity index (χ4n) is 3.53. The Balaban J connectivity index is 0.000000387. The van der Waals surface area contributed by atoms with Gasteiger partial charge in [0.2, 0.25) is 0 Å². The molecule has 0 aliphatic carbocycles. The first-order valence-electron chi connectivity index (χ1n) is 11.5. The number of hydrogen-bond donors (Lipinski definition) is 1. The molecule has 180 valence electrons. The Morgan fingerprint density at radius 1 is 1.21 bits per heavy atom. The van der Waals surface area contributed by atoms with Crippen LogP contribution in [0.25, 0.3) is 5.57 Å². The lowest BCUT2D eigenvalue weighted by atomic mass is 10.0. The number of rotatable bonds is 7. The van der Waals surface area contributed by atoms with Crippen molar-refractivity contribution in [3.63, 3.8) is 0 Å². The SMILES string of the molecule is C=C(C)/C=C\C=C\OC.CCNc1ccccc1C1=CCCCN(C(=O)c2cccc(Cl)c2)C1. The number of para-hydroxylation sites is 1. The van der Waals surface area contributed by atoms with Crippen molar-refractivity contribution >= 4 is 28.8 Å². The molecule has 0 radical (unpaired) electrons. The Kier molecular flexibility index (Phi) is 11.8. The van der Waals surface area contributed by atoms with Crippen molar-refractivity contribution in [3.8, 4) is 0 Å². The van der Waals surface area contributed by atoms with Gasteiger partial charge in [-0.25, -0.2) is 0 Å². The van der Waals surface area contributed by atoms with Gasteiger partial charge in [0.15, 0.2) is 0 Å². The van der Waals surface area contributed by atoms with Crippen molar-refractivity contribution in [1.82, 2.24) is 4.90 Å². The zero-order chi connectivity index (χ0) is 24.8. The van der Waals surface area contributed by atoms with E-state index in [0.717, 1.165) is 37.2 Å². The molecule has 0 aromatic heterocycles. The molecular formula is C29H35ClN2O2. The predicted molar refractivity (Wildman–Crippen MR) is 145 cm³/mol. The van der Waals surface area contributed by atoms with Gasteiger partial charge in [0.25, 0.3) is 5.91 Å². The number of carbonyl (C=O) groups excluding carboxylic acids is 1. The van der Waals surface area contributed by atoms with Gasteiger partial charge in [-0.15, -0.1) is 0 Å². The second-order valence-corrected chi connectivity index (χ2v) is 8.39. The van der Waals surface area contributed by atoms with Crippen LogP contribution in [0.2, 0.25) is 5.02 Å². The third-order valence-electron chi connectivity index (χ3n) is 5.09. The molecule has 5 heteroatoms. The number of nitrogens with one attached hydrogen (secondary N) is 1. The van der Waals surface area contributed by atoms with E-state index in [1.165, 1.54) is 11.1 Å². The fourth-order valence-corrected chi connectivity index (χ4v) is 3.72. The molecule has 34 heavy (non-hydrogen) atoms. The van der Waals surface area contributed by atoms with E-state index in [1.807, 2.05) is 54.3 Å². The van der Waals surface area contributed by atoms with Crippen LogP contribution in [0.5, 0.6) is 0 Å². The first kappa shape index (κ1) is 27.0. The monoisotopic (exact) mass is 478 g/mol. The fraction of sp³-hybridized carbons (Fsp3) is 0.276.